The number of primary amides is 1. The van der Waals surface area contributed by atoms with E-state index >= 15 is 0 Å². The lowest BCUT2D eigenvalue weighted by atomic mass is 10.0. The van der Waals surface area contributed by atoms with Gasteiger partial charge in [0.1, 0.15) is 5.82 Å². The zero-order valence-electron chi connectivity index (χ0n) is 9.75. The van der Waals surface area contributed by atoms with Crippen LogP contribution in [-0.2, 0) is 0 Å². The largest absolute Gasteiger partial charge is 0.383 e. The van der Waals surface area contributed by atoms with Crippen molar-refractivity contribution in [1.82, 2.24) is 9.97 Å². The SMILES string of the molecule is CSc1ncc(-c2cccc(C(N)=O)c2)c(N)n1. The molecule has 5 nitrogen and oxygen atoms in total. The number of thioether (sulfide) groups is 1. The Morgan fingerprint density at radius 1 is 1.39 bits per heavy atom. The van der Waals surface area contributed by atoms with Crippen LogP contribution in [-0.4, -0.2) is 22.1 Å². The number of carbonyl (C=O) groups excluding carboxylic acids is 1. The Morgan fingerprint density at radius 3 is 2.78 bits per heavy atom. The molecule has 2 aromatic rings. The molecule has 0 atom stereocenters. The van der Waals surface area contributed by atoms with Crippen LogP contribution in [0.1, 0.15) is 10.4 Å². The van der Waals surface area contributed by atoms with E-state index in [1.807, 2.05) is 12.3 Å². The molecule has 18 heavy (non-hydrogen) atoms. The third-order valence-electron chi connectivity index (χ3n) is 2.44. The van der Waals surface area contributed by atoms with Gasteiger partial charge in [-0.15, -0.1) is 0 Å². The zero-order valence-corrected chi connectivity index (χ0v) is 10.6. The van der Waals surface area contributed by atoms with Crippen molar-refractivity contribution in [1.29, 1.82) is 0 Å². The Morgan fingerprint density at radius 2 is 2.17 bits per heavy atom. The maximum absolute atomic E-state index is 11.1. The number of benzene rings is 1. The molecule has 4 N–H and O–H groups in total. The topological polar surface area (TPSA) is 94.9 Å². The first-order chi connectivity index (χ1) is 8.61. The van der Waals surface area contributed by atoms with Crippen LogP contribution in [0.2, 0.25) is 0 Å². The van der Waals surface area contributed by atoms with Crippen LogP contribution < -0.4 is 11.5 Å². The summed E-state index contributed by atoms with van der Waals surface area (Å²) in [5, 5.41) is 0.613. The number of amides is 1. The molecule has 1 heterocycles. The highest BCUT2D eigenvalue weighted by Gasteiger charge is 2.08. The molecule has 0 aliphatic heterocycles. The number of anilines is 1. The normalized spacial score (nSPS) is 10.3. The Kier molecular flexibility index (Phi) is 3.47. The number of hydrogen-bond acceptors (Lipinski definition) is 5. The lowest BCUT2D eigenvalue weighted by Crippen LogP contribution is -2.10. The Labute approximate surface area is 109 Å². The minimum Gasteiger partial charge on any atom is -0.383 e. The van der Waals surface area contributed by atoms with Crippen molar-refractivity contribution in [3.63, 3.8) is 0 Å². The second-order valence-corrected chi connectivity index (χ2v) is 4.37. The fourth-order valence-corrected chi connectivity index (χ4v) is 1.89. The van der Waals surface area contributed by atoms with Gasteiger partial charge in [0.15, 0.2) is 5.16 Å². The first kappa shape index (κ1) is 12.4. The van der Waals surface area contributed by atoms with Gasteiger partial charge in [-0.3, -0.25) is 4.79 Å². The number of aromatic nitrogens is 2. The molecule has 0 radical (unpaired) electrons. The van der Waals surface area contributed by atoms with Gasteiger partial charge in [0, 0.05) is 17.3 Å². The molecule has 0 saturated carbocycles. The second kappa shape index (κ2) is 5.05. The maximum atomic E-state index is 11.1. The molecule has 0 aliphatic carbocycles. The Balaban J connectivity index is 2.48. The molecular weight excluding hydrogens is 248 g/mol. The van der Waals surface area contributed by atoms with Crippen LogP contribution in [0.15, 0.2) is 35.6 Å². The predicted molar refractivity (Wildman–Crippen MR) is 72.2 cm³/mol. The van der Waals surface area contributed by atoms with E-state index in [9.17, 15) is 4.79 Å². The molecule has 0 fully saturated rings. The smallest absolute Gasteiger partial charge is 0.248 e. The van der Waals surface area contributed by atoms with E-state index in [1.54, 1.807) is 24.4 Å². The van der Waals surface area contributed by atoms with E-state index in [-0.39, 0.29) is 0 Å². The van der Waals surface area contributed by atoms with Crippen LogP contribution in [0.5, 0.6) is 0 Å². The number of rotatable bonds is 3. The molecule has 0 aliphatic rings. The van der Waals surface area contributed by atoms with E-state index in [0.29, 0.717) is 22.1 Å². The maximum Gasteiger partial charge on any atom is 0.248 e. The lowest BCUT2D eigenvalue weighted by molar-refractivity contribution is 0.100. The van der Waals surface area contributed by atoms with E-state index < -0.39 is 5.91 Å². The van der Waals surface area contributed by atoms with Crippen molar-refractivity contribution < 1.29 is 4.79 Å². The Hall–Kier alpha value is -2.08. The standard InChI is InChI=1S/C12H12N4OS/c1-18-12-15-6-9(10(13)16-12)7-3-2-4-8(5-7)11(14)17/h2-6H,1H3,(H2,14,17)(H2,13,15,16). The van der Waals surface area contributed by atoms with Gasteiger partial charge >= 0.3 is 0 Å². The van der Waals surface area contributed by atoms with Crippen molar-refractivity contribution in [2.24, 2.45) is 5.73 Å². The molecular formula is C12H12N4OS. The van der Waals surface area contributed by atoms with Gasteiger partial charge < -0.3 is 11.5 Å². The third-order valence-corrected chi connectivity index (χ3v) is 3.00. The van der Waals surface area contributed by atoms with E-state index in [4.69, 9.17) is 11.5 Å². The summed E-state index contributed by atoms with van der Waals surface area (Å²) in [6.45, 7) is 0. The van der Waals surface area contributed by atoms with Gasteiger partial charge in [-0.25, -0.2) is 9.97 Å². The highest BCUT2D eigenvalue weighted by atomic mass is 32.2. The zero-order chi connectivity index (χ0) is 13.1. The molecule has 1 aromatic heterocycles. The molecule has 0 unspecified atom stereocenters. The van der Waals surface area contributed by atoms with Gasteiger partial charge in [-0.05, 0) is 24.0 Å². The van der Waals surface area contributed by atoms with Crippen LogP contribution >= 0.6 is 11.8 Å². The van der Waals surface area contributed by atoms with Gasteiger partial charge in [-0.1, -0.05) is 23.9 Å². The van der Waals surface area contributed by atoms with Gasteiger partial charge in [0.05, 0.1) is 0 Å². The number of nitrogen functional groups attached to an aromatic ring is 1. The van der Waals surface area contributed by atoms with Crippen LogP contribution in [0, 0.1) is 0 Å². The van der Waals surface area contributed by atoms with E-state index in [2.05, 4.69) is 9.97 Å². The average Bonchev–Trinajstić information content (AvgIpc) is 2.38. The molecule has 0 saturated heterocycles. The van der Waals surface area contributed by atoms with Crippen LogP contribution in [0.3, 0.4) is 0 Å². The van der Waals surface area contributed by atoms with Crippen molar-refractivity contribution >= 4 is 23.5 Å². The second-order valence-electron chi connectivity index (χ2n) is 3.60. The molecule has 1 amide bonds. The van der Waals surface area contributed by atoms with Gasteiger partial charge in [0.25, 0.3) is 0 Å². The monoisotopic (exact) mass is 260 g/mol. The van der Waals surface area contributed by atoms with E-state index in [0.717, 1.165) is 5.56 Å². The number of nitrogens with zero attached hydrogens (tertiary/aromatic N) is 2. The van der Waals surface area contributed by atoms with Crippen molar-refractivity contribution in [2.75, 3.05) is 12.0 Å². The minimum atomic E-state index is -0.475. The highest BCUT2D eigenvalue weighted by Crippen LogP contribution is 2.25. The van der Waals surface area contributed by atoms with Crippen molar-refractivity contribution in [3.8, 4) is 11.1 Å². The quantitative estimate of drug-likeness (QED) is 0.645. The molecule has 2 rings (SSSR count). The van der Waals surface area contributed by atoms with Crippen molar-refractivity contribution in [3.05, 3.63) is 36.0 Å². The lowest BCUT2D eigenvalue weighted by Gasteiger charge is -2.06. The van der Waals surface area contributed by atoms with Gasteiger partial charge in [0.2, 0.25) is 5.91 Å². The first-order valence-electron chi connectivity index (χ1n) is 5.18. The number of nitrogens with two attached hydrogens (primary N) is 2. The summed E-state index contributed by atoms with van der Waals surface area (Å²) in [4.78, 5) is 19.4. The summed E-state index contributed by atoms with van der Waals surface area (Å²) in [6, 6.07) is 6.91. The minimum absolute atomic E-state index is 0.385. The summed E-state index contributed by atoms with van der Waals surface area (Å²) in [5.74, 6) is -0.0898. The fraction of sp³-hybridized carbons (Fsp3) is 0.0833. The summed E-state index contributed by atoms with van der Waals surface area (Å²) in [6.07, 6.45) is 3.52. The third kappa shape index (κ3) is 2.43. The van der Waals surface area contributed by atoms with E-state index in [1.165, 1.54) is 11.8 Å². The summed E-state index contributed by atoms with van der Waals surface area (Å²) in [7, 11) is 0. The summed E-state index contributed by atoms with van der Waals surface area (Å²) < 4.78 is 0. The number of carbonyl (C=O) groups is 1. The number of hydrogen-bond donors (Lipinski definition) is 2. The van der Waals surface area contributed by atoms with Crippen molar-refractivity contribution in [2.45, 2.75) is 5.16 Å². The average molecular weight is 260 g/mol. The highest BCUT2D eigenvalue weighted by molar-refractivity contribution is 7.98. The van der Waals surface area contributed by atoms with Gasteiger partial charge in [-0.2, -0.15) is 0 Å². The fourth-order valence-electron chi connectivity index (χ4n) is 1.54. The Bertz CT molecular complexity index is 600. The predicted octanol–water partition coefficient (Wildman–Crippen LogP) is 1.55. The molecule has 6 heteroatoms. The summed E-state index contributed by atoms with van der Waals surface area (Å²) >= 11 is 1.42. The van der Waals surface area contributed by atoms with Crippen LogP contribution in [0.4, 0.5) is 5.82 Å². The first-order valence-corrected chi connectivity index (χ1v) is 6.41. The van der Waals surface area contributed by atoms with Crippen LogP contribution in [0.25, 0.3) is 11.1 Å². The molecule has 1 aromatic carbocycles. The summed E-state index contributed by atoms with van der Waals surface area (Å²) in [5.41, 5.74) is 13.0. The molecule has 0 spiro atoms. The molecule has 0 bridgehead atoms. The molecule has 92 valence electrons.